The molecule has 0 aliphatic rings. The molecule has 4 rings (SSSR count). The third-order valence-corrected chi connectivity index (χ3v) is 5.74. The minimum absolute atomic E-state index is 0.766. The van der Waals surface area contributed by atoms with Crippen LogP contribution in [0.15, 0.2) is 84.9 Å². The van der Waals surface area contributed by atoms with Gasteiger partial charge in [0.1, 0.15) is 0 Å². The summed E-state index contributed by atoms with van der Waals surface area (Å²) < 4.78 is 0. The molecule has 2 heteroatoms. The summed E-state index contributed by atoms with van der Waals surface area (Å²) in [5.74, 6) is 0. The van der Waals surface area contributed by atoms with Crippen molar-refractivity contribution in [2.75, 3.05) is 0 Å². The molecule has 0 saturated heterocycles. The minimum atomic E-state index is 0.766. The van der Waals surface area contributed by atoms with Crippen LogP contribution in [-0.4, -0.2) is 9.97 Å². The molecular weight excluding hydrogens is 388 g/mol. The van der Waals surface area contributed by atoms with Gasteiger partial charge in [0.2, 0.25) is 0 Å². The number of aromatic nitrogens is 2. The van der Waals surface area contributed by atoms with E-state index in [1.54, 1.807) is 0 Å². The zero-order chi connectivity index (χ0) is 22.2. The quantitative estimate of drug-likeness (QED) is 0.301. The van der Waals surface area contributed by atoms with Crippen molar-refractivity contribution >= 4 is 23.2 Å². The van der Waals surface area contributed by atoms with Gasteiger partial charge >= 0.3 is 0 Å². The number of rotatable bonds is 8. The molecule has 4 aromatic rings. The minimum Gasteiger partial charge on any atom is -0.249 e. The average molecular weight is 419 g/mol. The zero-order valence-electron chi connectivity index (χ0n) is 19.0. The predicted octanol–water partition coefficient (Wildman–Crippen LogP) is 7.27. The molecular formula is C30H30N2. The second-order valence-corrected chi connectivity index (χ2v) is 8.01. The highest BCUT2D eigenvalue weighted by molar-refractivity contribution is 5.74. The molecule has 0 bridgehead atoms. The topological polar surface area (TPSA) is 25.8 Å². The lowest BCUT2D eigenvalue weighted by molar-refractivity contribution is 1.00. The SMILES string of the molecule is CCc1ccc(C=CCc2nc3ccccc3nc2CC=Cc2ccc(CC)cc2)cc1. The molecule has 1 aromatic heterocycles. The lowest BCUT2D eigenvalue weighted by Crippen LogP contribution is -2.01. The van der Waals surface area contributed by atoms with Crippen LogP contribution in [0.4, 0.5) is 0 Å². The number of hydrogen-bond donors (Lipinski definition) is 0. The number of hydrogen-bond acceptors (Lipinski definition) is 2. The Morgan fingerprint density at radius 3 is 1.34 bits per heavy atom. The Labute approximate surface area is 191 Å². The zero-order valence-corrected chi connectivity index (χ0v) is 19.0. The summed E-state index contributed by atoms with van der Waals surface area (Å²) in [6, 6.07) is 25.6. The maximum atomic E-state index is 4.93. The molecule has 0 aliphatic heterocycles. The molecule has 32 heavy (non-hydrogen) atoms. The highest BCUT2D eigenvalue weighted by Crippen LogP contribution is 2.16. The molecule has 0 aliphatic carbocycles. The van der Waals surface area contributed by atoms with E-state index < -0.39 is 0 Å². The highest BCUT2D eigenvalue weighted by Gasteiger charge is 2.06. The fourth-order valence-corrected chi connectivity index (χ4v) is 3.74. The Balaban J connectivity index is 1.53. The molecule has 0 N–H and O–H groups in total. The fourth-order valence-electron chi connectivity index (χ4n) is 3.74. The number of fused-ring (bicyclic) bond motifs is 1. The first-order chi connectivity index (χ1) is 15.7. The van der Waals surface area contributed by atoms with E-state index in [2.05, 4.69) is 86.7 Å². The lowest BCUT2D eigenvalue weighted by Gasteiger charge is -2.07. The maximum absolute atomic E-state index is 4.93. The molecule has 0 radical (unpaired) electrons. The molecule has 0 spiro atoms. The van der Waals surface area contributed by atoms with Crippen LogP contribution in [0.2, 0.25) is 0 Å². The van der Waals surface area contributed by atoms with Gasteiger partial charge in [0.25, 0.3) is 0 Å². The van der Waals surface area contributed by atoms with Gasteiger partial charge in [0.05, 0.1) is 22.4 Å². The molecule has 0 atom stereocenters. The van der Waals surface area contributed by atoms with Crippen molar-refractivity contribution in [1.29, 1.82) is 0 Å². The number of nitrogens with zero attached hydrogens (tertiary/aromatic N) is 2. The van der Waals surface area contributed by atoms with Crippen molar-refractivity contribution in [2.45, 2.75) is 39.5 Å². The number of aryl methyl sites for hydroxylation is 2. The predicted molar refractivity (Wildman–Crippen MR) is 137 cm³/mol. The van der Waals surface area contributed by atoms with Crippen molar-refractivity contribution < 1.29 is 0 Å². The summed E-state index contributed by atoms with van der Waals surface area (Å²) in [5, 5.41) is 0. The van der Waals surface area contributed by atoms with Crippen LogP contribution in [-0.2, 0) is 25.7 Å². The van der Waals surface area contributed by atoms with Crippen LogP contribution in [0.25, 0.3) is 23.2 Å². The van der Waals surface area contributed by atoms with Gasteiger partial charge in [-0.2, -0.15) is 0 Å². The number of para-hydroxylation sites is 2. The van der Waals surface area contributed by atoms with Gasteiger partial charge in [-0.1, -0.05) is 98.8 Å². The van der Waals surface area contributed by atoms with E-state index >= 15 is 0 Å². The molecule has 2 nitrogen and oxygen atoms in total. The van der Waals surface area contributed by atoms with Crippen LogP contribution in [0.5, 0.6) is 0 Å². The Hall–Kier alpha value is -3.52. The lowest BCUT2D eigenvalue weighted by atomic mass is 10.1. The highest BCUT2D eigenvalue weighted by atomic mass is 14.8. The van der Waals surface area contributed by atoms with Crippen LogP contribution in [0.3, 0.4) is 0 Å². The van der Waals surface area contributed by atoms with Crippen LogP contribution < -0.4 is 0 Å². The molecule has 0 unspecified atom stereocenters. The smallest absolute Gasteiger partial charge is 0.0890 e. The maximum Gasteiger partial charge on any atom is 0.0890 e. The average Bonchev–Trinajstić information content (AvgIpc) is 2.85. The van der Waals surface area contributed by atoms with Gasteiger partial charge in [-0.15, -0.1) is 0 Å². The van der Waals surface area contributed by atoms with E-state index in [1.165, 1.54) is 22.3 Å². The summed E-state index contributed by atoms with van der Waals surface area (Å²) >= 11 is 0. The fraction of sp³-hybridized carbons (Fsp3) is 0.200. The van der Waals surface area contributed by atoms with Gasteiger partial charge in [0.15, 0.2) is 0 Å². The van der Waals surface area contributed by atoms with Gasteiger partial charge in [-0.05, 0) is 47.2 Å². The van der Waals surface area contributed by atoms with Gasteiger partial charge < -0.3 is 0 Å². The largest absolute Gasteiger partial charge is 0.249 e. The Morgan fingerprint density at radius 2 is 0.969 bits per heavy atom. The second kappa shape index (κ2) is 10.7. The number of allylic oxidation sites excluding steroid dienone is 2. The van der Waals surface area contributed by atoms with Crippen molar-refractivity contribution in [3.8, 4) is 0 Å². The Bertz CT molecular complexity index is 1120. The van der Waals surface area contributed by atoms with E-state index in [0.29, 0.717) is 0 Å². The van der Waals surface area contributed by atoms with E-state index in [4.69, 9.17) is 9.97 Å². The van der Waals surface area contributed by atoms with Crippen molar-refractivity contribution in [2.24, 2.45) is 0 Å². The van der Waals surface area contributed by atoms with Crippen molar-refractivity contribution in [3.63, 3.8) is 0 Å². The molecule has 3 aromatic carbocycles. The van der Waals surface area contributed by atoms with E-state index in [-0.39, 0.29) is 0 Å². The molecule has 160 valence electrons. The third kappa shape index (κ3) is 5.59. The second-order valence-electron chi connectivity index (χ2n) is 8.01. The molecule has 0 amide bonds. The normalized spacial score (nSPS) is 11.7. The Morgan fingerprint density at radius 1 is 0.562 bits per heavy atom. The van der Waals surface area contributed by atoms with Gasteiger partial charge in [0, 0.05) is 12.8 Å². The first kappa shape index (κ1) is 21.7. The van der Waals surface area contributed by atoms with Gasteiger partial charge in [-0.3, -0.25) is 0 Å². The molecule has 0 saturated carbocycles. The standard InChI is InChI=1S/C30H30N2/c1-3-23-15-19-25(20-16-23)9-7-13-29-30(32-28-12-6-5-11-27(28)31-29)14-8-10-26-21-17-24(4-2)18-22-26/h5-12,15-22H,3-4,13-14H2,1-2H3. The molecule has 1 heterocycles. The summed E-state index contributed by atoms with van der Waals surface area (Å²) in [5.41, 5.74) is 9.13. The first-order valence-electron chi connectivity index (χ1n) is 11.5. The van der Waals surface area contributed by atoms with Gasteiger partial charge in [-0.25, -0.2) is 9.97 Å². The Kier molecular flexibility index (Phi) is 7.24. The monoisotopic (exact) mass is 418 g/mol. The number of benzene rings is 3. The van der Waals surface area contributed by atoms with Crippen molar-refractivity contribution in [1.82, 2.24) is 9.97 Å². The third-order valence-electron chi connectivity index (χ3n) is 5.74. The summed E-state index contributed by atoms with van der Waals surface area (Å²) in [4.78, 5) is 9.87. The van der Waals surface area contributed by atoms with Crippen LogP contribution in [0.1, 0.15) is 47.5 Å². The van der Waals surface area contributed by atoms with E-state index in [9.17, 15) is 0 Å². The summed E-state index contributed by atoms with van der Waals surface area (Å²) in [7, 11) is 0. The first-order valence-corrected chi connectivity index (χ1v) is 11.5. The van der Waals surface area contributed by atoms with E-state index in [1.807, 2.05) is 24.3 Å². The summed E-state index contributed by atoms with van der Waals surface area (Å²) in [6.07, 6.45) is 12.4. The molecule has 0 fully saturated rings. The van der Waals surface area contributed by atoms with E-state index in [0.717, 1.165) is 48.1 Å². The summed E-state index contributed by atoms with van der Waals surface area (Å²) in [6.45, 7) is 4.36. The van der Waals surface area contributed by atoms with Crippen LogP contribution in [0, 0.1) is 0 Å². The van der Waals surface area contributed by atoms with Crippen LogP contribution >= 0.6 is 0 Å². The van der Waals surface area contributed by atoms with Crippen molar-refractivity contribution in [3.05, 3.63) is 119 Å².